The molecule has 0 spiro atoms. The molecule has 22 heavy (non-hydrogen) atoms. The Hall–Kier alpha value is -2.31. The first-order chi connectivity index (χ1) is 10.5. The zero-order valence-electron chi connectivity index (χ0n) is 11.1. The van der Waals surface area contributed by atoms with Gasteiger partial charge in [-0.25, -0.2) is 0 Å². The fourth-order valence-corrected chi connectivity index (χ4v) is 1.88. The Morgan fingerprint density at radius 2 is 1.82 bits per heavy atom. The van der Waals surface area contributed by atoms with Gasteiger partial charge in [-0.3, -0.25) is 14.9 Å². The predicted octanol–water partition coefficient (Wildman–Crippen LogP) is 3.92. The summed E-state index contributed by atoms with van der Waals surface area (Å²) >= 11 is 11.6. The van der Waals surface area contributed by atoms with Crippen molar-refractivity contribution in [1.82, 2.24) is 0 Å². The highest BCUT2D eigenvalue weighted by Crippen LogP contribution is 2.25. The molecule has 2 rings (SSSR count). The molecule has 0 aliphatic rings. The van der Waals surface area contributed by atoms with E-state index in [4.69, 9.17) is 27.9 Å². The van der Waals surface area contributed by atoms with Crippen LogP contribution in [0, 0.1) is 10.1 Å². The summed E-state index contributed by atoms with van der Waals surface area (Å²) in [6, 6.07) is 10.1. The number of amides is 1. The first-order valence-corrected chi connectivity index (χ1v) is 6.83. The van der Waals surface area contributed by atoms with Crippen LogP contribution in [-0.4, -0.2) is 17.4 Å². The minimum Gasteiger partial charge on any atom is -0.484 e. The molecule has 0 unspecified atom stereocenters. The number of benzene rings is 2. The number of carbonyl (C=O) groups excluding carboxylic acids is 1. The lowest BCUT2D eigenvalue weighted by atomic mass is 10.3. The van der Waals surface area contributed by atoms with E-state index in [-0.39, 0.29) is 12.3 Å². The predicted molar refractivity (Wildman–Crippen MR) is 83.7 cm³/mol. The van der Waals surface area contributed by atoms with Crippen molar-refractivity contribution in [2.75, 3.05) is 11.9 Å². The van der Waals surface area contributed by atoms with Gasteiger partial charge in [0.1, 0.15) is 5.75 Å². The van der Waals surface area contributed by atoms with Crippen LogP contribution in [0.4, 0.5) is 11.4 Å². The highest BCUT2D eigenvalue weighted by Gasteiger charge is 2.07. The summed E-state index contributed by atoms with van der Waals surface area (Å²) in [5.41, 5.74) is 0.444. The highest BCUT2D eigenvalue weighted by molar-refractivity contribution is 6.42. The van der Waals surface area contributed by atoms with Crippen LogP contribution in [0.1, 0.15) is 0 Å². The zero-order chi connectivity index (χ0) is 16.1. The van der Waals surface area contributed by atoms with Gasteiger partial charge in [-0.05, 0) is 30.3 Å². The molecule has 0 aromatic heterocycles. The highest BCUT2D eigenvalue weighted by atomic mass is 35.5. The molecule has 6 nitrogen and oxygen atoms in total. The van der Waals surface area contributed by atoms with Gasteiger partial charge in [0.25, 0.3) is 11.6 Å². The van der Waals surface area contributed by atoms with Crippen LogP contribution >= 0.6 is 23.2 Å². The molecule has 0 aliphatic heterocycles. The summed E-state index contributed by atoms with van der Waals surface area (Å²) < 4.78 is 5.24. The molecule has 8 heteroatoms. The smallest absolute Gasteiger partial charge is 0.269 e. The number of carbonyl (C=O) groups is 1. The Labute approximate surface area is 135 Å². The van der Waals surface area contributed by atoms with Crippen LogP contribution in [0.25, 0.3) is 0 Å². The Morgan fingerprint density at radius 1 is 1.14 bits per heavy atom. The van der Waals surface area contributed by atoms with Gasteiger partial charge in [-0.2, -0.15) is 0 Å². The molecular weight excluding hydrogens is 331 g/mol. The van der Waals surface area contributed by atoms with Crippen molar-refractivity contribution < 1.29 is 14.5 Å². The number of nitrogens with zero attached hydrogens (tertiary/aromatic N) is 1. The van der Waals surface area contributed by atoms with Crippen LogP contribution in [0.2, 0.25) is 10.0 Å². The van der Waals surface area contributed by atoms with E-state index < -0.39 is 10.8 Å². The van der Waals surface area contributed by atoms with Crippen molar-refractivity contribution in [3.63, 3.8) is 0 Å². The maximum atomic E-state index is 11.7. The first-order valence-electron chi connectivity index (χ1n) is 6.08. The van der Waals surface area contributed by atoms with Crippen molar-refractivity contribution in [2.45, 2.75) is 0 Å². The lowest BCUT2D eigenvalue weighted by Gasteiger charge is -2.08. The lowest BCUT2D eigenvalue weighted by molar-refractivity contribution is -0.384. The molecule has 0 aliphatic carbocycles. The molecule has 0 saturated carbocycles. The molecule has 0 bridgehead atoms. The third kappa shape index (κ3) is 4.34. The van der Waals surface area contributed by atoms with E-state index in [0.717, 1.165) is 0 Å². The number of non-ortho nitro benzene ring substituents is 1. The zero-order valence-corrected chi connectivity index (χ0v) is 12.6. The van der Waals surface area contributed by atoms with E-state index in [2.05, 4.69) is 5.32 Å². The van der Waals surface area contributed by atoms with Crippen molar-refractivity contribution in [1.29, 1.82) is 0 Å². The number of hydrogen-bond donors (Lipinski definition) is 1. The van der Waals surface area contributed by atoms with E-state index >= 15 is 0 Å². The van der Waals surface area contributed by atoms with Crippen molar-refractivity contribution in [3.05, 3.63) is 62.6 Å². The van der Waals surface area contributed by atoms with Crippen molar-refractivity contribution >= 4 is 40.5 Å². The Balaban J connectivity index is 1.89. The third-order valence-corrected chi connectivity index (χ3v) is 3.36. The molecule has 1 N–H and O–H groups in total. The number of nitrogens with one attached hydrogen (secondary N) is 1. The molecule has 2 aromatic carbocycles. The summed E-state index contributed by atoms with van der Waals surface area (Å²) in [7, 11) is 0. The van der Waals surface area contributed by atoms with E-state index in [9.17, 15) is 14.9 Å². The summed E-state index contributed by atoms with van der Waals surface area (Å²) in [5, 5.41) is 13.8. The van der Waals surface area contributed by atoms with Crippen LogP contribution in [0.5, 0.6) is 5.75 Å². The maximum absolute atomic E-state index is 11.7. The Morgan fingerprint density at radius 3 is 2.41 bits per heavy atom. The van der Waals surface area contributed by atoms with E-state index in [1.165, 1.54) is 30.3 Å². The van der Waals surface area contributed by atoms with Gasteiger partial charge in [0.05, 0.1) is 15.0 Å². The lowest BCUT2D eigenvalue weighted by Crippen LogP contribution is -2.20. The second-order valence-electron chi connectivity index (χ2n) is 4.22. The van der Waals surface area contributed by atoms with Crippen LogP contribution < -0.4 is 10.1 Å². The molecule has 114 valence electrons. The summed E-state index contributed by atoms with van der Waals surface area (Å²) in [6.07, 6.45) is 0. The molecule has 2 aromatic rings. The van der Waals surface area contributed by atoms with Crippen LogP contribution in [0.3, 0.4) is 0 Å². The summed E-state index contributed by atoms with van der Waals surface area (Å²) in [6.45, 7) is -0.238. The fraction of sp³-hybridized carbons (Fsp3) is 0.0714. The molecule has 0 saturated heterocycles. The summed E-state index contributed by atoms with van der Waals surface area (Å²) in [5.74, 6) is -0.0355. The van der Waals surface area contributed by atoms with Gasteiger partial charge in [-0.15, -0.1) is 0 Å². The SMILES string of the molecule is O=C(COc1ccc([N+](=O)[O-])cc1)Nc1ccc(Cl)c(Cl)c1. The van der Waals surface area contributed by atoms with Gasteiger partial charge in [0.2, 0.25) is 0 Å². The Kier molecular flexibility index (Phi) is 5.19. The minimum absolute atomic E-state index is 0.0485. The average Bonchev–Trinajstić information content (AvgIpc) is 2.49. The topological polar surface area (TPSA) is 81.5 Å². The quantitative estimate of drug-likeness (QED) is 0.660. The van der Waals surface area contributed by atoms with Gasteiger partial charge < -0.3 is 10.1 Å². The van der Waals surface area contributed by atoms with E-state index in [0.29, 0.717) is 21.5 Å². The van der Waals surface area contributed by atoms with Crippen molar-refractivity contribution in [3.8, 4) is 5.75 Å². The molecule has 0 heterocycles. The number of nitro groups is 1. The van der Waals surface area contributed by atoms with Gasteiger partial charge in [-0.1, -0.05) is 23.2 Å². The number of hydrogen-bond acceptors (Lipinski definition) is 4. The molecule has 0 fully saturated rings. The number of nitro benzene ring substituents is 1. The fourth-order valence-electron chi connectivity index (χ4n) is 1.58. The monoisotopic (exact) mass is 340 g/mol. The maximum Gasteiger partial charge on any atom is 0.269 e. The number of anilines is 1. The standard InChI is InChI=1S/C14H10Cl2N2O4/c15-12-6-1-9(7-13(12)16)17-14(19)8-22-11-4-2-10(3-5-11)18(20)21/h1-7H,8H2,(H,17,19). The second-order valence-corrected chi connectivity index (χ2v) is 5.03. The molecule has 0 radical (unpaired) electrons. The van der Waals surface area contributed by atoms with Crippen LogP contribution in [-0.2, 0) is 4.79 Å². The second kappa shape index (κ2) is 7.11. The number of halogens is 2. The molecular formula is C14H10Cl2N2O4. The molecule has 0 atom stereocenters. The van der Waals surface area contributed by atoms with Gasteiger partial charge >= 0.3 is 0 Å². The van der Waals surface area contributed by atoms with E-state index in [1.807, 2.05) is 0 Å². The third-order valence-electron chi connectivity index (χ3n) is 2.62. The minimum atomic E-state index is -0.513. The van der Waals surface area contributed by atoms with Gasteiger partial charge in [0, 0.05) is 17.8 Å². The Bertz CT molecular complexity index is 704. The van der Waals surface area contributed by atoms with Gasteiger partial charge in [0.15, 0.2) is 6.61 Å². The first kappa shape index (κ1) is 16.1. The number of rotatable bonds is 5. The van der Waals surface area contributed by atoms with Crippen LogP contribution in [0.15, 0.2) is 42.5 Å². The largest absolute Gasteiger partial charge is 0.484 e. The van der Waals surface area contributed by atoms with E-state index in [1.54, 1.807) is 12.1 Å². The average molecular weight is 341 g/mol. The number of ether oxygens (including phenoxy) is 1. The van der Waals surface area contributed by atoms with Crippen molar-refractivity contribution in [2.24, 2.45) is 0 Å². The summed E-state index contributed by atoms with van der Waals surface area (Å²) in [4.78, 5) is 21.7. The normalized spacial score (nSPS) is 10.1. The molecule has 1 amide bonds.